The second-order valence-electron chi connectivity index (χ2n) is 8.10. The van der Waals surface area contributed by atoms with Crippen LogP contribution < -0.4 is 14.8 Å². The zero-order valence-corrected chi connectivity index (χ0v) is 21.8. The Morgan fingerprint density at radius 1 is 0.833 bits per heavy atom. The molecule has 0 amide bonds. The van der Waals surface area contributed by atoms with Gasteiger partial charge in [0.05, 0.1) is 13.2 Å². The normalized spacial score (nSPS) is 12.0. The molecule has 3 aromatic carbocycles. The van der Waals surface area contributed by atoms with Crippen molar-refractivity contribution >= 4 is 20.1 Å². The lowest BCUT2D eigenvalue weighted by Gasteiger charge is -2.19. The van der Waals surface area contributed by atoms with E-state index in [4.69, 9.17) is 14.8 Å². The minimum absolute atomic E-state index is 0.00436. The molecule has 0 heterocycles. The molecule has 0 aliphatic rings. The molecule has 0 fully saturated rings. The van der Waals surface area contributed by atoms with E-state index in [9.17, 15) is 16.8 Å². The molecule has 0 atom stereocenters. The molecule has 3 aromatic rings. The number of hydrogen-bond donors (Lipinski definition) is 1. The fraction of sp³-hybridized carbons (Fsp3) is 0.280. The van der Waals surface area contributed by atoms with Gasteiger partial charge in [-0.2, -0.15) is 8.42 Å². The monoisotopic (exact) mass is 534 g/mol. The first-order chi connectivity index (χ1) is 17.1. The molecular formula is C25H30N2O7S2. The zero-order chi connectivity index (χ0) is 26.2. The Balaban J connectivity index is 1.83. The summed E-state index contributed by atoms with van der Waals surface area (Å²) >= 11 is 0. The Kier molecular flexibility index (Phi) is 9.46. The molecule has 0 bridgehead atoms. The van der Waals surface area contributed by atoms with Gasteiger partial charge in [-0.25, -0.2) is 18.6 Å². The molecular weight excluding hydrogens is 504 g/mol. The number of nitrogens with two attached hydrogens (primary N) is 1. The molecule has 0 radical (unpaired) electrons. The topological polar surface area (TPSA) is 125 Å². The minimum atomic E-state index is -4.49. The highest BCUT2D eigenvalue weighted by molar-refractivity contribution is 7.91. The molecule has 0 unspecified atom stereocenters. The van der Waals surface area contributed by atoms with Crippen molar-refractivity contribution in [3.8, 4) is 11.5 Å². The second kappa shape index (κ2) is 12.3. The van der Waals surface area contributed by atoms with Crippen molar-refractivity contribution in [1.29, 1.82) is 0 Å². The molecule has 0 saturated heterocycles. The van der Waals surface area contributed by atoms with E-state index < -0.39 is 25.0 Å². The summed E-state index contributed by atoms with van der Waals surface area (Å²) in [5, 5.41) is 0. The van der Waals surface area contributed by atoms with Gasteiger partial charge in [0.25, 0.3) is 0 Å². The van der Waals surface area contributed by atoms with E-state index in [0.29, 0.717) is 37.4 Å². The lowest BCUT2D eigenvalue weighted by atomic mass is 10.2. The van der Waals surface area contributed by atoms with Gasteiger partial charge in [0.1, 0.15) is 21.3 Å². The third-order valence-corrected chi connectivity index (χ3v) is 8.62. The molecule has 0 aliphatic carbocycles. The number of hydrogen-bond acceptors (Lipinski definition) is 8. The van der Waals surface area contributed by atoms with E-state index in [2.05, 4.69) is 4.84 Å². The summed E-state index contributed by atoms with van der Waals surface area (Å²) in [6.07, 6.45) is 1.02. The quantitative estimate of drug-likeness (QED) is 0.201. The number of sulfonamides is 1. The van der Waals surface area contributed by atoms with Crippen LogP contribution in [0.4, 0.5) is 0 Å². The summed E-state index contributed by atoms with van der Waals surface area (Å²) in [4.78, 5) is 3.70. The number of ether oxygens (including phenoxy) is 1. The van der Waals surface area contributed by atoms with Crippen molar-refractivity contribution in [1.82, 2.24) is 4.31 Å². The van der Waals surface area contributed by atoms with Crippen molar-refractivity contribution in [3.63, 3.8) is 0 Å². The Labute approximate surface area is 212 Å². The number of aryl methyl sites for hydroxylation is 1. The highest BCUT2D eigenvalue weighted by Gasteiger charge is 2.30. The maximum atomic E-state index is 13.3. The molecule has 0 spiro atoms. The molecule has 194 valence electrons. The van der Waals surface area contributed by atoms with E-state index in [1.807, 2.05) is 30.3 Å². The first kappa shape index (κ1) is 27.6. The van der Waals surface area contributed by atoms with Crippen LogP contribution >= 0.6 is 0 Å². The molecule has 0 aromatic heterocycles. The SMILES string of the molecule is Cc1cc(OCCCON)cc(OS(=O)(=O)c2ccccc2S(=O)(=O)N(C)CCc2ccccc2)c1. The first-order valence-electron chi connectivity index (χ1n) is 11.2. The fourth-order valence-electron chi connectivity index (χ4n) is 3.44. The van der Waals surface area contributed by atoms with Gasteiger partial charge in [-0.05, 0) is 48.7 Å². The predicted octanol–water partition coefficient (Wildman–Crippen LogP) is 3.29. The zero-order valence-electron chi connectivity index (χ0n) is 20.2. The van der Waals surface area contributed by atoms with Crippen LogP contribution in [0.2, 0.25) is 0 Å². The highest BCUT2D eigenvalue weighted by atomic mass is 32.2. The van der Waals surface area contributed by atoms with Gasteiger partial charge in [0.15, 0.2) is 0 Å². The summed E-state index contributed by atoms with van der Waals surface area (Å²) in [6, 6.07) is 19.5. The predicted molar refractivity (Wildman–Crippen MR) is 136 cm³/mol. The lowest BCUT2D eigenvalue weighted by molar-refractivity contribution is 0.122. The third kappa shape index (κ3) is 7.28. The lowest BCUT2D eigenvalue weighted by Crippen LogP contribution is -2.30. The van der Waals surface area contributed by atoms with Crippen LogP contribution in [0.25, 0.3) is 0 Å². The Bertz CT molecular complexity index is 1360. The Morgan fingerprint density at radius 3 is 2.17 bits per heavy atom. The van der Waals surface area contributed by atoms with E-state index >= 15 is 0 Å². The summed E-state index contributed by atoms with van der Waals surface area (Å²) in [7, 11) is -7.19. The summed E-state index contributed by atoms with van der Waals surface area (Å²) in [5.74, 6) is 5.40. The average Bonchev–Trinajstić information content (AvgIpc) is 2.85. The molecule has 3 rings (SSSR count). The maximum Gasteiger partial charge on any atom is 0.340 e. The van der Waals surface area contributed by atoms with Gasteiger partial charge in [-0.15, -0.1) is 0 Å². The van der Waals surface area contributed by atoms with E-state index in [0.717, 1.165) is 9.87 Å². The van der Waals surface area contributed by atoms with E-state index in [-0.39, 0.29) is 17.2 Å². The van der Waals surface area contributed by atoms with Crippen LogP contribution in [0.3, 0.4) is 0 Å². The molecule has 0 aliphatic heterocycles. The number of benzene rings is 3. The van der Waals surface area contributed by atoms with Crippen LogP contribution in [-0.4, -0.2) is 47.9 Å². The van der Waals surface area contributed by atoms with Crippen molar-refractivity contribution in [2.45, 2.75) is 29.6 Å². The number of rotatable bonds is 13. The van der Waals surface area contributed by atoms with Gasteiger partial charge in [0.2, 0.25) is 10.0 Å². The average molecular weight is 535 g/mol. The number of nitrogens with zero attached hydrogens (tertiary/aromatic N) is 1. The molecule has 2 N–H and O–H groups in total. The van der Waals surface area contributed by atoms with E-state index in [1.165, 1.54) is 43.4 Å². The third-order valence-electron chi connectivity index (χ3n) is 5.27. The second-order valence-corrected chi connectivity index (χ2v) is 11.6. The first-order valence-corrected chi connectivity index (χ1v) is 14.1. The Morgan fingerprint density at radius 2 is 1.47 bits per heavy atom. The molecule has 11 heteroatoms. The van der Waals surface area contributed by atoms with Crippen LogP contribution in [0, 0.1) is 6.92 Å². The summed E-state index contributed by atoms with van der Waals surface area (Å²) < 4.78 is 65.2. The van der Waals surface area contributed by atoms with Gasteiger partial charge in [0, 0.05) is 26.1 Å². The van der Waals surface area contributed by atoms with Crippen molar-refractivity contribution < 1.29 is 30.6 Å². The van der Waals surface area contributed by atoms with Crippen LogP contribution in [0.15, 0.2) is 82.6 Å². The van der Waals surface area contributed by atoms with Crippen LogP contribution in [-0.2, 0) is 31.4 Å². The minimum Gasteiger partial charge on any atom is -0.493 e. The molecule has 0 saturated carbocycles. The summed E-state index contributed by atoms with van der Waals surface area (Å²) in [5.41, 5.74) is 1.67. The standard InChI is InChI=1S/C25H30N2O7S2/c1-20-17-22(32-15-8-16-33-26)19-23(18-20)34-36(30,31)25-12-7-6-11-24(25)35(28,29)27(2)14-13-21-9-4-3-5-10-21/h3-7,9-12,17-19H,8,13-16,26H2,1-2H3. The van der Waals surface area contributed by atoms with Crippen LogP contribution in [0.1, 0.15) is 17.5 Å². The largest absolute Gasteiger partial charge is 0.493 e. The van der Waals surface area contributed by atoms with Crippen molar-refractivity contribution in [2.24, 2.45) is 5.90 Å². The Hall–Kier alpha value is -2.96. The van der Waals surface area contributed by atoms with Gasteiger partial charge >= 0.3 is 10.1 Å². The van der Waals surface area contributed by atoms with Crippen LogP contribution in [0.5, 0.6) is 11.5 Å². The highest BCUT2D eigenvalue weighted by Crippen LogP contribution is 2.29. The van der Waals surface area contributed by atoms with Gasteiger partial charge < -0.3 is 13.8 Å². The van der Waals surface area contributed by atoms with Crippen molar-refractivity contribution in [2.75, 3.05) is 26.8 Å². The van der Waals surface area contributed by atoms with E-state index in [1.54, 1.807) is 13.0 Å². The molecule has 36 heavy (non-hydrogen) atoms. The number of likely N-dealkylation sites (N-methyl/N-ethyl adjacent to an activating group) is 1. The van der Waals surface area contributed by atoms with Gasteiger partial charge in [-0.3, -0.25) is 0 Å². The fourth-order valence-corrected chi connectivity index (χ4v) is 6.30. The van der Waals surface area contributed by atoms with Crippen molar-refractivity contribution in [3.05, 3.63) is 83.9 Å². The smallest absolute Gasteiger partial charge is 0.340 e. The summed E-state index contributed by atoms with van der Waals surface area (Å²) in [6.45, 7) is 2.56. The molecule has 9 nitrogen and oxygen atoms in total. The maximum absolute atomic E-state index is 13.3. The van der Waals surface area contributed by atoms with Gasteiger partial charge in [-0.1, -0.05) is 42.5 Å².